The number of aromatic nitrogens is 1. The SMILES string of the molecule is Cc1csc(COc2c(F)cc(CNC3CC3)cc2F)n1. The van der Waals surface area contributed by atoms with E-state index in [1.54, 1.807) is 0 Å². The summed E-state index contributed by atoms with van der Waals surface area (Å²) in [6.07, 6.45) is 2.28. The molecule has 1 aromatic heterocycles. The topological polar surface area (TPSA) is 34.1 Å². The summed E-state index contributed by atoms with van der Waals surface area (Å²) in [6.45, 7) is 2.42. The van der Waals surface area contributed by atoms with Crippen molar-refractivity contribution in [2.75, 3.05) is 0 Å². The van der Waals surface area contributed by atoms with Crippen molar-refractivity contribution >= 4 is 11.3 Å². The van der Waals surface area contributed by atoms with Gasteiger partial charge in [-0.1, -0.05) is 0 Å². The molecule has 21 heavy (non-hydrogen) atoms. The predicted molar refractivity (Wildman–Crippen MR) is 77.4 cm³/mol. The van der Waals surface area contributed by atoms with Crippen LogP contribution >= 0.6 is 11.3 Å². The van der Waals surface area contributed by atoms with E-state index in [1.165, 1.54) is 23.5 Å². The van der Waals surface area contributed by atoms with E-state index in [9.17, 15) is 8.78 Å². The third kappa shape index (κ3) is 3.77. The first-order valence-electron chi connectivity index (χ1n) is 6.87. The highest BCUT2D eigenvalue weighted by Crippen LogP contribution is 2.26. The number of rotatable bonds is 6. The molecule has 0 aliphatic heterocycles. The smallest absolute Gasteiger partial charge is 0.191 e. The maximum atomic E-state index is 13.9. The Hall–Kier alpha value is -1.53. The van der Waals surface area contributed by atoms with Gasteiger partial charge in [0, 0.05) is 23.7 Å². The van der Waals surface area contributed by atoms with Crippen LogP contribution in [0.15, 0.2) is 17.5 Å². The number of aryl methyl sites for hydroxylation is 1. The first-order chi connectivity index (χ1) is 10.1. The first-order valence-corrected chi connectivity index (χ1v) is 7.75. The second-order valence-corrected chi connectivity index (χ2v) is 6.16. The Kier molecular flexibility index (Phi) is 4.17. The van der Waals surface area contributed by atoms with Crippen LogP contribution < -0.4 is 10.1 Å². The van der Waals surface area contributed by atoms with Gasteiger partial charge in [0.05, 0.1) is 0 Å². The Bertz CT molecular complexity index is 617. The zero-order valence-electron chi connectivity index (χ0n) is 11.7. The van der Waals surface area contributed by atoms with Crippen LogP contribution in [0.3, 0.4) is 0 Å². The summed E-state index contributed by atoms with van der Waals surface area (Å²) in [5, 5.41) is 5.80. The largest absolute Gasteiger partial charge is 0.480 e. The summed E-state index contributed by atoms with van der Waals surface area (Å²) in [7, 11) is 0. The number of hydrogen-bond donors (Lipinski definition) is 1. The van der Waals surface area contributed by atoms with E-state index in [0.29, 0.717) is 23.2 Å². The van der Waals surface area contributed by atoms with Crippen molar-refractivity contribution in [2.45, 2.75) is 39.0 Å². The number of nitrogens with one attached hydrogen (secondary N) is 1. The molecule has 3 rings (SSSR count). The molecule has 1 saturated carbocycles. The van der Waals surface area contributed by atoms with Crippen molar-refractivity contribution in [2.24, 2.45) is 0 Å². The quantitative estimate of drug-likeness (QED) is 0.886. The van der Waals surface area contributed by atoms with Crippen LogP contribution in [0, 0.1) is 18.6 Å². The van der Waals surface area contributed by atoms with Gasteiger partial charge in [-0.2, -0.15) is 0 Å². The first kappa shape index (κ1) is 14.4. The van der Waals surface area contributed by atoms with Gasteiger partial charge in [-0.15, -0.1) is 11.3 Å². The van der Waals surface area contributed by atoms with Gasteiger partial charge in [-0.25, -0.2) is 13.8 Å². The molecule has 0 radical (unpaired) electrons. The third-order valence-electron chi connectivity index (χ3n) is 3.24. The Morgan fingerprint density at radius 1 is 1.33 bits per heavy atom. The molecule has 1 aromatic carbocycles. The Morgan fingerprint density at radius 2 is 2.05 bits per heavy atom. The molecule has 3 nitrogen and oxygen atoms in total. The average molecular weight is 310 g/mol. The minimum atomic E-state index is -0.670. The van der Waals surface area contributed by atoms with Gasteiger partial charge in [-0.3, -0.25) is 0 Å². The lowest BCUT2D eigenvalue weighted by atomic mass is 10.2. The van der Waals surface area contributed by atoms with Crippen molar-refractivity contribution < 1.29 is 13.5 Å². The number of benzene rings is 1. The van der Waals surface area contributed by atoms with Gasteiger partial charge >= 0.3 is 0 Å². The lowest BCUT2D eigenvalue weighted by Gasteiger charge is -2.09. The zero-order valence-corrected chi connectivity index (χ0v) is 12.5. The van der Waals surface area contributed by atoms with Gasteiger partial charge in [0.25, 0.3) is 0 Å². The van der Waals surface area contributed by atoms with Crippen LogP contribution in [0.1, 0.15) is 29.1 Å². The Labute approximate surface area is 126 Å². The molecule has 6 heteroatoms. The molecule has 0 spiro atoms. The number of nitrogens with zero attached hydrogens (tertiary/aromatic N) is 1. The molecule has 1 aliphatic carbocycles. The van der Waals surface area contributed by atoms with Crippen LogP contribution in [0.2, 0.25) is 0 Å². The van der Waals surface area contributed by atoms with E-state index >= 15 is 0 Å². The van der Waals surface area contributed by atoms with Gasteiger partial charge in [0.15, 0.2) is 17.4 Å². The second-order valence-electron chi connectivity index (χ2n) is 5.22. The highest BCUT2D eigenvalue weighted by atomic mass is 32.1. The number of hydrogen-bond acceptors (Lipinski definition) is 4. The van der Waals surface area contributed by atoms with Gasteiger partial charge in [0.1, 0.15) is 11.6 Å². The van der Waals surface area contributed by atoms with E-state index in [-0.39, 0.29) is 12.4 Å². The highest BCUT2D eigenvalue weighted by Gasteiger charge is 2.21. The van der Waals surface area contributed by atoms with E-state index in [1.807, 2.05) is 12.3 Å². The Balaban J connectivity index is 1.66. The van der Waals surface area contributed by atoms with Crippen LogP contribution in [0.4, 0.5) is 8.78 Å². The summed E-state index contributed by atoms with van der Waals surface area (Å²) >= 11 is 1.41. The van der Waals surface area contributed by atoms with Crippen LogP contribution in [-0.4, -0.2) is 11.0 Å². The molecule has 0 saturated heterocycles. The summed E-state index contributed by atoms with van der Waals surface area (Å²) in [4.78, 5) is 4.20. The standard InChI is InChI=1S/C15H16F2N2OS/c1-9-8-21-14(19-9)7-20-15-12(16)4-10(5-13(15)17)6-18-11-2-3-11/h4-5,8,11,18H,2-3,6-7H2,1H3. The van der Waals surface area contributed by atoms with Crippen LogP contribution in [0.25, 0.3) is 0 Å². The molecule has 1 fully saturated rings. The summed E-state index contributed by atoms with van der Waals surface area (Å²) in [5.74, 6) is -1.68. The van der Waals surface area contributed by atoms with E-state index in [0.717, 1.165) is 18.5 Å². The fourth-order valence-electron chi connectivity index (χ4n) is 2.00. The molecule has 0 bridgehead atoms. The maximum Gasteiger partial charge on any atom is 0.191 e. The lowest BCUT2D eigenvalue weighted by Crippen LogP contribution is -2.15. The van der Waals surface area contributed by atoms with E-state index in [2.05, 4.69) is 10.3 Å². The van der Waals surface area contributed by atoms with Crippen molar-refractivity contribution in [1.29, 1.82) is 0 Å². The van der Waals surface area contributed by atoms with Crippen molar-refractivity contribution in [3.8, 4) is 5.75 Å². The predicted octanol–water partition coefficient (Wildman–Crippen LogP) is 3.56. The average Bonchev–Trinajstić information content (AvgIpc) is 3.17. The monoisotopic (exact) mass is 310 g/mol. The Morgan fingerprint density at radius 3 is 2.62 bits per heavy atom. The van der Waals surface area contributed by atoms with Crippen molar-refractivity contribution in [3.05, 3.63) is 45.4 Å². The molecule has 1 aliphatic rings. The molecular weight excluding hydrogens is 294 g/mol. The van der Waals surface area contributed by atoms with E-state index < -0.39 is 11.6 Å². The molecule has 0 atom stereocenters. The number of halogens is 2. The number of thiazole rings is 1. The summed E-state index contributed by atoms with van der Waals surface area (Å²) in [5.41, 5.74) is 1.47. The summed E-state index contributed by atoms with van der Waals surface area (Å²) < 4.78 is 33.1. The maximum absolute atomic E-state index is 13.9. The number of ether oxygens (including phenoxy) is 1. The van der Waals surface area contributed by atoms with Gasteiger partial charge in [-0.05, 0) is 37.5 Å². The lowest BCUT2D eigenvalue weighted by molar-refractivity contribution is 0.273. The normalized spacial score (nSPS) is 14.4. The highest BCUT2D eigenvalue weighted by molar-refractivity contribution is 7.09. The molecule has 0 unspecified atom stereocenters. The fourth-order valence-corrected chi connectivity index (χ4v) is 2.69. The van der Waals surface area contributed by atoms with Crippen molar-refractivity contribution in [1.82, 2.24) is 10.3 Å². The van der Waals surface area contributed by atoms with Gasteiger partial charge < -0.3 is 10.1 Å². The van der Waals surface area contributed by atoms with Crippen LogP contribution in [0.5, 0.6) is 5.75 Å². The third-order valence-corrected chi connectivity index (χ3v) is 4.18. The fraction of sp³-hybridized carbons (Fsp3) is 0.400. The summed E-state index contributed by atoms with van der Waals surface area (Å²) in [6, 6.07) is 3.14. The minimum absolute atomic E-state index is 0.0754. The van der Waals surface area contributed by atoms with E-state index in [4.69, 9.17) is 4.74 Å². The molecule has 112 valence electrons. The second kappa shape index (κ2) is 6.07. The van der Waals surface area contributed by atoms with Crippen molar-refractivity contribution in [3.63, 3.8) is 0 Å². The minimum Gasteiger partial charge on any atom is -0.480 e. The molecule has 2 aromatic rings. The molecule has 1 heterocycles. The zero-order chi connectivity index (χ0) is 14.8. The molecule has 0 amide bonds. The van der Waals surface area contributed by atoms with Crippen LogP contribution in [-0.2, 0) is 13.2 Å². The molecule has 1 N–H and O–H groups in total. The van der Waals surface area contributed by atoms with Gasteiger partial charge in [0.2, 0.25) is 0 Å². The molecular formula is C15H16F2N2OS.